The summed E-state index contributed by atoms with van der Waals surface area (Å²) in [7, 11) is 4.41. The number of likely N-dealkylation sites (tertiary alicyclic amines) is 1. The number of benzene rings is 1. The number of carboxylic acids is 1. The molecule has 1 N–H and O–H groups in total. The molecule has 1 aromatic rings. The van der Waals surface area contributed by atoms with Crippen LogP contribution in [0.5, 0.6) is 11.5 Å². The number of rotatable bonds is 8. The molecule has 4 atom stereocenters. The Bertz CT molecular complexity index is 1040. The van der Waals surface area contributed by atoms with Gasteiger partial charge in [-0.05, 0) is 49.0 Å². The summed E-state index contributed by atoms with van der Waals surface area (Å²) < 4.78 is 22.2. The molecule has 9 heteroatoms. The number of hydrogen-bond donors (Lipinski definition) is 1. The summed E-state index contributed by atoms with van der Waals surface area (Å²) in [6.45, 7) is 8.12. The number of piperidine rings is 1. The van der Waals surface area contributed by atoms with Crippen molar-refractivity contribution >= 4 is 17.8 Å². The lowest BCUT2D eigenvalue weighted by Crippen LogP contribution is -2.61. The maximum absolute atomic E-state index is 13.7. The molecular weight excluding hydrogens is 466 g/mol. The van der Waals surface area contributed by atoms with E-state index in [9.17, 15) is 19.5 Å². The van der Waals surface area contributed by atoms with E-state index in [1.807, 2.05) is 39.0 Å². The SMILES string of the molecule is COC(=O)[C@@]12C[C@H](CC(=O)O)C(=O)N(CCc3ccc(OC)c(OC)c3)C1=C[C@@H](C(C)(C)C)O[C@H]2C. The Kier molecular flexibility index (Phi) is 8.03. The lowest BCUT2D eigenvalue weighted by Gasteiger charge is -2.52. The molecule has 1 amide bonds. The molecule has 2 aliphatic rings. The van der Waals surface area contributed by atoms with Crippen LogP contribution in [0.4, 0.5) is 0 Å². The monoisotopic (exact) mass is 503 g/mol. The Hall–Kier alpha value is -3.07. The van der Waals surface area contributed by atoms with Crippen molar-refractivity contribution in [2.24, 2.45) is 16.7 Å². The molecule has 0 bridgehead atoms. The van der Waals surface area contributed by atoms with Crippen molar-refractivity contribution in [2.45, 2.75) is 59.2 Å². The quantitative estimate of drug-likeness (QED) is 0.537. The average molecular weight is 504 g/mol. The van der Waals surface area contributed by atoms with Crippen LogP contribution in [0.25, 0.3) is 0 Å². The first-order valence-corrected chi connectivity index (χ1v) is 12.1. The van der Waals surface area contributed by atoms with E-state index >= 15 is 0 Å². The van der Waals surface area contributed by atoms with E-state index in [0.717, 1.165) is 5.56 Å². The molecule has 0 saturated carbocycles. The molecule has 1 fully saturated rings. The lowest BCUT2D eigenvalue weighted by molar-refractivity contribution is -0.180. The molecule has 1 aromatic carbocycles. The van der Waals surface area contributed by atoms with E-state index in [2.05, 4.69) is 0 Å². The van der Waals surface area contributed by atoms with Gasteiger partial charge in [-0.2, -0.15) is 0 Å². The Morgan fingerprint density at radius 2 is 1.83 bits per heavy atom. The third-order valence-corrected chi connectivity index (χ3v) is 7.18. The van der Waals surface area contributed by atoms with Crippen molar-refractivity contribution in [3.63, 3.8) is 0 Å². The largest absolute Gasteiger partial charge is 0.493 e. The fraction of sp³-hybridized carbons (Fsp3) is 0.593. The normalized spacial score (nSPS) is 26.1. The first-order valence-electron chi connectivity index (χ1n) is 12.1. The summed E-state index contributed by atoms with van der Waals surface area (Å²) in [5.74, 6) is -1.67. The minimum Gasteiger partial charge on any atom is -0.493 e. The van der Waals surface area contributed by atoms with E-state index < -0.39 is 29.4 Å². The molecule has 2 aliphatic heterocycles. The van der Waals surface area contributed by atoms with E-state index in [0.29, 0.717) is 23.6 Å². The number of carbonyl (C=O) groups is 3. The van der Waals surface area contributed by atoms with E-state index in [-0.39, 0.29) is 36.8 Å². The summed E-state index contributed by atoms with van der Waals surface area (Å²) in [6.07, 6.45) is 0.958. The molecule has 0 spiro atoms. The number of hydrogen-bond acceptors (Lipinski definition) is 7. The number of carboxylic acid groups (broad SMARTS) is 1. The molecule has 0 aromatic heterocycles. The molecule has 198 valence electrons. The third kappa shape index (κ3) is 5.07. The Morgan fingerprint density at radius 1 is 1.17 bits per heavy atom. The van der Waals surface area contributed by atoms with Crippen LogP contribution in [0.2, 0.25) is 0 Å². The van der Waals surface area contributed by atoms with Gasteiger partial charge in [-0.1, -0.05) is 26.8 Å². The van der Waals surface area contributed by atoms with E-state index in [1.54, 1.807) is 32.1 Å². The van der Waals surface area contributed by atoms with Crippen LogP contribution < -0.4 is 9.47 Å². The van der Waals surface area contributed by atoms with Crippen LogP contribution in [0.15, 0.2) is 30.0 Å². The molecule has 0 radical (unpaired) electrons. The van der Waals surface area contributed by atoms with Crippen LogP contribution in [0.1, 0.15) is 46.1 Å². The van der Waals surface area contributed by atoms with E-state index in [4.69, 9.17) is 18.9 Å². The fourth-order valence-electron chi connectivity index (χ4n) is 5.16. The number of amides is 1. The highest BCUT2D eigenvalue weighted by atomic mass is 16.5. The zero-order valence-corrected chi connectivity index (χ0v) is 22.1. The van der Waals surface area contributed by atoms with Crippen LogP contribution in [-0.4, -0.2) is 67.9 Å². The van der Waals surface area contributed by atoms with Crippen LogP contribution in [0, 0.1) is 16.7 Å². The number of carbonyl (C=O) groups excluding carboxylic acids is 2. The molecule has 9 nitrogen and oxygen atoms in total. The van der Waals surface area contributed by atoms with Gasteiger partial charge in [-0.3, -0.25) is 14.4 Å². The minimum atomic E-state index is -1.29. The van der Waals surface area contributed by atoms with Crippen molar-refractivity contribution in [2.75, 3.05) is 27.9 Å². The molecule has 0 aliphatic carbocycles. The van der Waals surface area contributed by atoms with Gasteiger partial charge < -0.3 is 29.0 Å². The van der Waals surface area contributed by atoms with Gasteiger partial charge in [0, 0.05) is 12.2 Å². The van der Waals surface area contributed by atoms with Gasteiger partial charge in [0.2, 0.25) is 5.91 Å². The highest BCUT2D eigenvalue weighted by Gasteiger charge is 2.60. The van der Waals surface area contributed by atoms with Crippen LogP contribution in [-0.2, 0) is 30.3 Å². The van der Waals surface area contributed by atoms with Gasteiger partial charge >= 0.3 is 11.9 Å². The zero-order valence-electron chi connectivity index (χ0n) is 22.1. The predicted molar refractivity (Wildman–Crippen MR) is 132 cm³/mol. The smallest absolute Gasteiger partial charge is 0.320 e. The van der Waals surface area contributed by atoms with Crippen molar-refractivity contribution in [3.05, 3.63) is 35.5 Å². The molecule has 36 heavy (non-hydrogen) atoms. The summed E-state index contributed by atoms with van der Waals surface area (Å²) >= 11 is 0. The Morgan fingerprint density at radius 3 is 2.39 bits per heavy atom. The van der Waals surface area contributed by atoms with Gasteiger partial charge in [0.05, 0.1) is 45.9 Å². The second-order valence-corrected chi connectivity index (χ2v) is 10.5. The van der Waals surface area contributed by atoms with Crippen LogP contribution >= 0.6 is 0 Å². The first kappa shape index (κ1) is 27.5. The summed E-state index contributed by atoms with van der Waals surface area (Å²) in [4.78, 5) is 40.2. The molecular formula is C27H37NO8. The molecule has 2 heterocycles. The molecule has 3 rings (SSSR count). The number of ether oxygens (including phenoxy) is 4. The second-order valence-electron chi connectivity index (χ2n) is 10.5. The standard InChI is InChI=1S/C27H37NO8/c1-16-27(25(32)35-7)15-18(13-23(29)30)24(31)28(21(27)14-22(36-16)26(2,3)4)11-10-17-8-9-19(33-5)20(12-17)34-6/h8-9,12,14,16,18,22H,10-11,13,15H2,1-7H3,(H,29,30)/t16-,18-,22-,27+/m0/s1. The average Bonchev–Trinajstić information content (AvgIpc) is 2.82. The highest BCUT2D eigenvalue weighted by molar-refractivity contribution is 5.92. The number of aliphatic carboxylic acids is 1. The maximum Gasteiger partial charge on any atom is 0.320 e. The summed E-state index contributed by atoms with van der Waals surface area (Å²) in [5.41, 5.74) is -0.153. The van der Waals surface area contributed by atoms with Crippen LogP contribution in [0.3, 0.4) is 0 Å². The van der Waals surface area contributed by atoms with Gasteiger partial charge in [-0.25, -0.2) is 0 Å². The zero-order chi connectivity index (χ0) is 26.8. The summed E-state index contributed by atoms with van der Waals surface area (Å²) in [6, 6.07) is 5.52. The van der Waals surface area contributed by atoms with Gasteiger partial charge in [0.25, 0.3) is 0 Å². The molecule has 1 saturated heterocycles. The fourth-order valence-corrected chi connectivity index (χ4v) is 5.16. The highest BCUT2D eigenvalue weighted by Crippen LogP contribution is 2.51. The summed E-state index contributed by atoms with van der Waals surface area (Å²) in [5, 5.41) is 9.52. The van der Waals surface area contributed by atoms with Gasteiger partial charge in [0.1, 0.15) is 5.41 Å². The topological polar surface area (TPSA) is 112 Å². The number of esters is 1. The first-order chi connectivity index (χ1) is 16.9. The van der Waals surface area contributed by atoms with Crippen molar-refractivity contribution in [1.82, 2.24) is 4.90 Å². The predicted octanol–water partition coefficient (Wildman–Crippen LogP) is 3.45. The number of fused-ring (bicyclic) bond motifs is 1. The van der Waals surface area contributed by atoms with Crippen molar-refractivity contribution in [3.8, 4) is 11.5 Å². The Balaban J connectivity index is 2.08. The molecule has 0 unspecified atom stereocenters. The van der Waals surface area contributed by atoms with Gasteiger partial charge in [0.15, 0.2) is 11.5 Å². The number of nitrogens with zero attached hydrogens (tertiary/aromatic N) is 1. The van der Waals surface area contributed by atoms with Crippen molar-refractivity contribution < 1.29 is 38.4 Å². The van der Waals surface area contributed by atoms with E-state index in [1.165, 1.54) is 7.11 Å². The second kappa shape index (κ2) is 10.5. The lowest BCUT2D eigenvalue weighted by atomic mass is 9.65. The minimum absolute atomic E-state index is 0.0154. The maximum atomic E-state index is 13.7. The van der Waals surface area contributed by atoms with Crippen molar-refractivity contribution in [1.29, 1.82) is 0 Å². The van der Waals surface area contributed by atoms with Gasteiger partial charge in [-0.15, -0.1) is 0 Å². The number of methoxy groups -OCH3 is 3. The third-order valence-electron chi connectivity index (χ3n) is 7.18. The Labute approximate surface area is 212 Å².